The molecule has 1 saturated carbocycles. The molecule has 138 valence electrons. The van der Waals surface area contributed by atoms with Crippen LogP contribution in [0.3, 0.4) is 0 Å². The van der Waals surface area contributed by atoms with Crippen LogP contribution < -0.4 is 0 Å². The SMILES string of the molecule is CCc1nnc(C)cc1C(=O)N1C[C@H](OC)C[C@H]1c1nc(C2CC2)n[nH]1. The Labute approximate surface area is 152 Å². The molecule has 2 fully saturated rings. The lowest BCUT2D eigenvalue weighted by Gasteiger charge is -2.23. The summed E-state index contributed by atoms with van der Waals surface area (Å²) in [5, 5.41) is 15.7. The third-order valence-electron chi connectivity index (χ3n) is 5.19. The van der Waals surface area contributed by atoms with Crippen molar-refractivity contribution in [2.45, 2.75) is 57.6 Å². The third kappa shape index (κ3) is 3.09. The van der Waals surface area contributed by atoms with Gasteiger partial charge in [0.05, 0.1) is 29.1 Å². The number of hydrogen-bond donors (Lipinski definition) is 1. The zero-order valence-corrected chi connectivity index (χ0v) is 15.4. The van der Waals surface area contributed by atoms with E-state index in [9.17, 15) is 4.79 Å². The molecular formula is C18H24N6O2. The summed E-state index contributed by atoms with van der Waals surface area (Å²) in [5.41, 5.74) is 2.07. The molecule has 8 nitrogen and oxygen atoms in total. The van der Waals surface area contributed by atoms with Gasteiger partial charge in [-0.05, 0) is 32.3 Å². The van der Waals surface area contributed by atoms with Crippen molar-refractivity contribution in [3.63, 3.8) is 0 Å². The van der Waals surface area contributed by atoms with E-state index in [1.807, 2.05) is 24.8 Å². The fourth-order valence-corrected chi connectivity index (χ4v) is 3.53. The number of H-pyrrole nitrogens is 1. The first kappa shape index (κ1) is 17.1. The predicted octanol–water partition coefficient (Wildman–Crippen LogP) is 1.95. The lowest BCUT2D eigenvalue weighted by molar-refractivity contribution is 0.0682. The number of aromatic nitrogens is 5. The van der Waals surface area contributed by atoms with Crippen molar-refractivity contribution in [1.29, 1.82) is 0 Å². The van der Waals surface area contributed by atoms with Crippen LogP contribution in [0.4, 0.5) is 0 Å². The number of nitrogens with zero attached hydrogens (tertiary/aromatic N) is 5. The van der Waals surface area contributed by atoms with Crippen molar-refractivity contribution in [1.82, 2.24) is 30.3 Å². The minimum absolute atomic E-state index is 0.0144. The number of nitrogens with one attached hydrogen (secondary N) is 1. The molecule has 1 aliphatic heterocycles. The van der Waals surface area contributed by atoms with E-state index in [1.165, 1.54) is 0 Å². The van der Waals surface area contributed by atoms with Gasteiger partial charge in [-0.25, -0.2) is 4.98 Å². The molecule has 3 heterocycles. The third-order valence-corrected chi connectivity index (χ3v) is 5.19. The number of methoxy groups -OCH3 is 1. The minimum atomic E-state index is -0.161. The van der Waals surface area contributed by atoms with Crippen molar-refractivity contribution in [2.75, 3.05) is 13.7 Å². The highest BCUT2D eigenvalue weighted by atomic mass is 16.5. The fraction of sp³-hybridized carbons (Fsp3) is 0.611. The van der Waals surface area contributed by atoms with Crippen molar-refractivity contribution in [3.05, 3.63) is 34.7 Å². The predicted molar refractivity (Wildman–Crippen MR) is 93.7 cm³/mol. The quantitative estimate of drug-likeness (QED) is 0.879. The van der Waals surface area contributed by atoms with Gasteiger partial charge in [-0.15, -0.1) is 0 Å². The maximum absolute atomic E-state index is 13.3. The summed E-state index contributed by atoms with van der Waals surface area (Å²) in [6, 6.07) is 1.66. The summed E-state index contributed by atoms with van der Waals surface area (Å²) in [5.74, 6) is 2.04. The van der Waals surface area contributed by atoms with E-state index in [1.54, 1.807) is 7.11 Å². The molecule has 0 unspecified atom stereocenters. The Morgan fingerprint density at radius 3 is 2.88 bits per heavy atom. The second kappa shape index (κ2) is 6.75. The normalized spacial score (nSPS) is 22.8. The van der Waals surface area contributed by atoms with E-state index in [4.69, 9.17) is 4.74 Å². The van der Waals surface area contributed by atoms with Crippen molar-refractivity contribution in [3.8, 4) is 0 Å². The average Bonchev–Trinajstić information content (AvgIpc) is 3.22. The number of amides is 1. The summed E-state index contributed by atoms with van der Waals surface area (Å²) in [7, 11) is 1.68. The second-order valence-corrected chi connectivity index (χ2v) is 7.12. The highest BCUT2D eigenvalue weighted by molar-refractivity contribution is 5.95. The molecule has 1 saturated heterocycles. The largest absolute Gasteiger partial charge is 0.380 e. The topological polar surface area (TPSA) is 96.9 Å². The molecule has 1 N–H and O–H groups in total. The highest BCUT2D eigenvalue weighted by Gasteiger charge is 2.40. The van der Waals surface area contributed by atoms with Crippen molar-refractivity contribution < 1.29 is 9.53 Å². The number of hydrogen-bond acceptors (Lipinski definition) is 6. The van der Waals surface area contributed by atoms with E-state index in [0.29, 0.717) is 30.9 Å². The monoisotopic (exact) mass is 356 g/mol. The van der Waals surface area contributed by atoms with E-state index >= 15 is 0 Å². The molecule has 1 amide bonds. The summed E-state index contributed by atoms with van der Waals surface area (Å²) >= 11 is 0. The number of rotatable bonds is 5. The first-order chi connectivity index (χ1) is 12.6. The molecule has 0 radical (unpaired) electrons. The standard InChI is InChI=1S/C18H24N6O2/c1-4-14-13(7-10(2)20-21-14)18(25)24-9-12(26-3)8-15(24)17-19-16(22-23-17)11-5-6-11/h7,11-12,15H,4-6,8-9H2,1-3H3,(H,19,22,23)/t12-,15+/m1/s1. The van der Waals surface area contributed by atoms with Gasteiger partial charge in [-0.2, -0.15) is 15.3 Å². The molecule has 2 aromatic rings. The molecule has 0 aromatic carbocycles. The Kier molecular flexibility index (Phi) is 4.44. The molecule has 0 bridgehead atoms. The van der Waals surface area contributed by atoms with Crippen LogP contribution in [-0.4, -0.2) is 55.9 Å². The van der Waals surface area contributed by atoms with Gasteiger partial charge in [0.25, 0.3) is 5.91 Å². The number of ether oxygens (including phenoxy) is 1. The molecule has 1 aliphatic carbocycles. The second-order valence-electron chi connectivity index (χ2n) is 7.12. The Balaban J connectivity index is 1.65. The zero-order chi connectivity index (χ0) is 18.3. The number of aromatic amines is 1. The molecule has 2 aliphatic rings. The van der Waals surface area contributed by atoms with Crippen molar-refractivity contribution >= 4 is 5.91 Å². The Bertz CT molecular complexity index is 816. The number of carbonyl (C=O) groups excluding carboxylic acids is 1. The van der Waals surface area contributed by atoms with Gasteiger partial charge in [0.2, 0.25) is 0 Å². The van der Waals surface area contributed by atoms with E-state index in [-0.39, 0.29) is 18.1 Å². The summed E-state index contributed by atoms with van der Waals surface area (Å²) in [4.78, 5) is 19.8. The summed E-state index contributed by atoms with van der Waals surface area (Å²) in [6.07, 6.45) is 3.65. The summed E-state index contributed by atoms with van der Waals surface area (Å²) in [6.45, 7) is 4.36. The molecule has 26 heavy (non-hydrogen) atoms. The van der Waals surface area contributed by atoms with Crippen LogP contribution in [0.5, 0.6) is 0 Å². The average molecular weight is 356 g/mol. The number of carbonyl (C=O) groups is 1. The maximum atomic E-state index is 13.3. The molecule has 8 heteroatoms. The van der Waals surface area contributed by atoms with Gasteiger partial charge >= 0.3 is 0 Å². The molecule has 4 rings (SSSR count). The van der Waals surface area contributed by atoms with Gasteiger partial charge in [0.15, 0.2) is 5.82 Å². The Morgan fingerprint density at radius 2 is 2.19 bits per heavy atom. The molecule has 2 aromatic heterocycles. The van der Waals surface area contributed by atoms with E-state index in [2.05, 4.69) is 25.4 Å². The first-order valence-corrected chi connectivity index (χ1v) is 9.19. The van der Waals surface area contributed by atoms with Crippen LogP contribution in [0.15, 0.2) is 6.07 Å². The van der Waals surface area contributed by atoms with E-state index in [0.717, 1.165) is 35.9 Å². The molecular weight excluding hydrogens is 332 g/mol. The Morgan fingerprint density at radius 1 is 1.38 bits per heavy atom. The van der Waals surface area contributed by atoms with Crippen LogP contribution in [0.1, 0.15) is 71.5 Å². The van der Waals surface area contributed by atoms with Gasteiger partial charge in [-0.1, -0.05) is 6.92 Å². The summed E-state index contributed by atoms with van der Waals surface area (Å²) < 4.78 is 5.54. The van der Waals surface area contributed by atoms with Crippen LogP contribution >= 0.6 is 0 Å². The van der Waals surface area contributed by atoms with Crippen LogP contribution in [0.2, 0.25) is 0 Å². The van der Waals surface area contributed by atoms with Crippen LogP contribution in [0, 0.1) is 6.92 Å². The van der Waals surface area contributed by atoms with Gasteiger partial charge in [0, 0.05) is 26.0 Å². The lowest BCUT2D eigenvalue weighted by atomic mass is 10.1. The lowest BCUT2D eigenvalue weighted by Crippen LogP contribution is -2.33. The van der Waals surface area contributed by atoms with Gasteiger partial charge in [0.1, 0.15) is 5.82 Å². The smallest absolute Gasteiger partial charge is 0.256 e. The fourth-order valence-electron chi connectivity index (χ4n) is 3.53. The van der Waals surface area contributed by atoms with Crippen LogP contribution in [-0.2, 0) is 11.2 Å². The first-order valence-electron chi connectivity index (χ1n) is 9.19. The zero-order valence-electron chi connectivity index (χ0n) is 15.4. The van der Waals surface area contributed by atoms with Gasteiger partial charge in [-0.3, -0.25) is 9.89 Å². The Hall–Kier alpha value is -2.35. The van der Waals surface area contributed by atoms with Crippen LogP contribution in [0.25, 0.3) is 0 Å². The molecule has 2 atom stereocenters. The number of likely N-dealkylation sites (tertiary alicyclic amines) is 1. The minimum Gasteiger partial charge on any atom is -0.380 e. The maximum Gasteiger partial charge on any atom is 0.256 e. The van der Waals surface area contributed by atoms with Gasteiger partial charge < -0.3 is 9.64 Å². The highest BCUT2D eigenvalue weighted by Crippen LogP contribution is 2.39. The van der Waals surface area contributed by atoms with Crippen molar-refractivity contribution in [2.24, 2.45) is 0 Å². The molecule has 0 spiro atoms. The van der Waals surface area contributed by atoms with E-state index < -0.39 is 0 Å². The number of aryl methyl sites for hydroxylation is 2.